The number of fused-ring (bicyclic) bond motifs is 1. The van der Waals surface area contributed by atoms with Crippen LogP contribution in [0.15, 0.2) is 18.2 Å². The van der Waals surface area contributed by atoms with Crippen molar-refractivity contribution in [2.45, 2.75) is 13.3 Å². The molecule has 0 unspecified atom stereocenters. The van der Waals surface area contributed by atoms with Crippen LogP contribution in [-0.2, 0) is 14.3 Å². The fourth-order valence-corrected chi connectivity index (χ4v) is 3.35. The number of benzene rings is 1. The molecule has 0 bridgehead atoms. The van der Waals surface area contributed by atoms with E-state index in [4.69, 9.17) is 9.47 Å². The third-order valence-corrected chi connectivity index (χ3v) is 4.53. The van der Waals surface area contributed by atoms with Crippen molar-refractivity contribution in [3.63, 3.8) is 0 Å². The molecule has 0 radical (unpaired) electrons. The Balaban J connectivity index is 1.61. The molecule has 1 N–H and O–H groups in total. The smallest absolute Gasteiger partial charge is 0.235 e. The van der Waals surface area contributed by atoms with Crippen LogP contribution in [0.2, 0.25) is 0 Å². The van der Waals surface area contributed by atoms with E-state index >= 15 is 0 Å². The zero-order valence-corrected chi connectivity index (χ0v) is 14.2. The summed E-state index contributed by atoms with van der Waals surface area (Å²) in [5, 5.41) is 3.19. The fourth-order valence-electron chi connectivity index (χ4n) is 2.44. The van der Waals surface area contributed by atoms with E-state index in [1.165, 1.54) is 11.3 Å². The zero-order chi connectivity index (χ0) is 16.9. The van der Waals surface area contributed by atoms with E-state index < -0.39 is 0 Å². The number of carbonyl (C=O) groups excluding carboxylic acids is 2. The Hall–Kier alpha value is -2.19. The van der Waals surface area contributed by atoms with Gasteiger partial charge in [-0.15, -0.1) is 0 Å². The minimum absolute atomic E-state index is 0.180. The van der Waals surface area contributed by atoms with Crippen molar-refractivity contribution >= 4 is 38.5 Å². The molecule has 1 saturated heterocycles. The number of nitrogens with one attached hydrogen (secondary N) is 1. The van der Waals surface area contributed by atoms with Crippen molar-refractivity contribution in [1.29, 1.82) is 0 Å². The predicted octanol–water partition coefficient (Wildman–Crippen LogP) is 1.88. The van der Waals surface area contributed by atoms with Gasteiger partial charge in [-0.05, 0) is 25.1 Å². The van der Waals surface area contributed by atoms with Gasteiger partial charge in [-0.3, -0.25) is 9.59 Å². The summed E-state index contributed by atoms with van der Waals surface area (Å²) in [6.45, 7) is 4.63. The lowest BCUT2D eigenvalue weighted by molar-refractivity contribution is -0.138. The number of thiazole rings is 1. The molecule has 7 nitrogen and oxygen atoms in total. The molecule has 0 saturated carbocycles. The van der Waals surface area contributed by atoms with Crippen LogP contribution >= 0.6 is 11.3 Å². The first-order chi connectivity index (χ1) is 11.7. The maximum absolute atomic E-state index is 12.1. The lowest BCUT2D eigenvalue weighted by atomic mass is 10.3. The number of hydrogen-bond acceptors (Lipinski definition) is 6. The number of ether oxygens (including phenoxy) is 2. The van der Waals surface area contributed by atoms with Gasteiger partial charge in [0.1, 0.15) is 12.2 Å². The van der Waals surface area contributed by atoms with E-state index in [-0.39, 0.29) is 18.2 Å². The molecule has 1 aromatic heterocycles. The standard InChI is InChI=1S/C16H19N3O4S/c1-2-23-11-3-4-12-13(9-11)24-16(17-12)18-14(20)10-15(21)19-5-7-22-8-6-19/h3-4,9H,2,5-8,10H2,1H3,(H,17,18,20). The van der Waals surface area contributed by atoms with Gasteiger partial charge in [-0.2, -0.15) is 0 Å². The molecule has 0 atom stereocenters. The highest BCUT2D eigenvalue weighted by atomic mass is 32.1. The van der Waals surface area contributed by atoms with Crippen molar-refractivity contribution in [1.82, 2.24) is 9.88 Å². The highest BCUT2D eigenvalue weighted by Crippen LogP contribution is 2.29. The normalized spacial score (nSPS) is 14.6. The summed E-state index contributed by atoms with van der Waals surface area (Å²) in [4.78, 5) is 30.1. The number of amides is 2. The summed E-state index contributed by atoms with van der Waals surface area (Å²) in [6, 6.07) is 5.59. The highest BCUT2D eigenvalue weighted by Gasteiger charge is 2.20. The number of hydrogen-bond donors (Lipinski definition) is 1. The molecule has 0 aliphatic carbocycles. The SMILES string of the molecule is CCOc1ccc2nc(NC(=O)CC(=O)N3CCOCC3)sc2c1. The predicted molar refractivity (Wildman–Crippen MR) is 91.4 cm³/mol. The van der Waals surface area contributed by atoms with E-state index in [1.807, 2.05) is 25.1 Å². The molecular weight excluding hydrogens is 330 g/mol. The molecule has 128 valence electrons. The molecule has 1 aliphatic rings. The summed E-state index contributed by atoms with van der Waals surface area (Å²) in [5.74, 6) is 0.236. The maximum Gasteiger partial charge on any atom is 0.235 e. The van der Waals surface area contributed by atoms with Crippen LogP contribution in [0.3, 0.4) is 0 Å². The van der Waals surface area contributed by atoms with Gasteiger partial charge < -0.3 is 19.7 Å². The van der Waals surface area contributed by atoms with Crippen LogP contribution < -0.4 is 10.1 Å². The van der Waals surface area contributed by atoms with E-state index in [2.05, 4.69) is 10.3 Å². The fraction of sp³-hybridized carbons (Fsp3) is 0.438. The van der Waals surface area contributed by atoms with Crippen LogP contribution in [0.4, 0.5) is 5.13 Å². The highest BCUT2D eigenvalue weighted by molar-refractivity contribution is 7.22. The van der Waals surface area contributed by atoms with Gasteiger partial charge in [0, 0.05) is 13.1 Å². The molecule has 2 amide bonds. The number of carbonyl (C=O) groups is 2. The third-order valence-electron chi connectivity index (χ3n) is 3.59. The maximum atomic E-state index is 12.1. The molecule has 2 heterocycles. The molecule has 1 aliphatic heterocycles. The molecule has 1 fully saturated rings. The summed E-state index contributed by atoms with van der Waals surface area (Å²) in [7, 11) is 0. The van der Waals surface area contributed by atoms with Gasteiger partial charge in [0.05, 0.1) is 30.0 Å². The number of nitrogens with zero attached hydrogens (tertiary/aromatic N) is 2. The Morgan fingerprint density at radius 2 is 2.17 bits per heavy atom. The average Bonchev–Trinajstić information content (AvgIpc) is 2.97. The van der Waals surface area contributed by atoms with Gasteiger partial charge in [-0.1, -0.05) is 11.3 Å². The molecule has 0 spiro atoms. The number of anilines is 1. The first kappa shape index (κ1) is 16.7. The Morgan fingerprint density at radius 3 is 2.92 bits per heavy atom. The van der Waals surface area contributed by atoms with Gasteiger partial charge in [0.25, 0.3) is 0 Å². The van der Waals surface area contributed by atoms with E-state index in [0.29, 0.717) is 38.0 Å². The zero-order valence-electron chi connectivity index (χ0n) is 13.4. The molecule has 2 aromatic rings. The Bertz CT molecular complexity index is 740. The van der Waals surface area contributed by atoms with Gasteiger partial charge in [0.15, 0.2) is 5.13 Å². The van der Waals surface area contributed by atoms with Gasteiger partial charge >= 0.3 is 0 Å². The first-order valence-corrected chi connectivity index (χ1v) is 8.66. The second kappa shape index (κ2) is 7.59. The van der Waals surface area contributed by atoms with Crippen LogP contribution in [0, 0.1) is 0 Å². The summed E-state index contributed by atoms with van der Waals surface area (Å²) < 4.78 is 11.6. The Kier molecular flexibility index (Phi) is 5.27. The van der Waals surface area contributed by atoms with Crippen LogP contribution in [-0.4, -0.2) is 54.6 Å². The summed E-state index contributed by atoms with van der Waals surface area (Å²) in [6.07, 6.45) is -0.180. The lowest BCUT2D eigenvalue weighted by Crippen LogP contribution is -2.41. The molecule has 8 heteroatoms. The number of morpholine rings is 1. The van der Waals surface area contributed by atoms with Crippen LogP contribution in [0.25, 0.3) is 10.2 Å². The topological polar surface area (TPSA) is 80.8 Å². The van der Waals surface area contributed by atoms with E-state index in [1.54, 1.807) is 4.90 Å². The second-order valence-corrected chi connectivity index (χ2v) is 6.33. The molecule has 24 heavy (non-hydrogen) atoms. The van der Waals surface area contributed by atoms with E-state index in [0.717, 1.165) is 16.0 Å². The van der Waals surface area contributed by atoms with Crippen LogP contribution in [0.1, 0.15) is 13.3 Å². The van der Waals surface area contributed by atoms with Gasteiger partial charge in [-0.25, -0.2) is 4.98 Å². The van der Waals surface area contributed by atoms with Crippen molar-refractivity contribution in [3.8, 4) is 5.75 Å². The average molecular weight is 349 g/mol. The quantitative estimate of drug-likeness (QED) is 0.834. The monoisotopic (exact) mass is 349 g/mol. The molecule has 3 rings (SSSR count). The van der Waals surface area contributed by atoms with Crippen molar-refractivity contribution in [2.24, 2.45) is 0 Å². The van der Waals surface area contributed by atoms with Gasteiger partial charge in [0.2, 0.25) is 11.8 Å². The summed E-state index contributed by atoms with van der Waals surface area (Å²) >= 11 is 1.36. The second-order valence-electron chi connectivity index (χ2n) is 5.30. The van der Waals surface area contributed by atoms with Crippen molar-refractivity contribution < 1.29 is 19.1 Å². The number of aromatic nitrogens is 1. The minimum Gasteiger partial charge on any atom is -0.494 e. The third kappa shape index (κ3) is 4.01. The number of rotatable bonds is 5. The van der Waals surface area contributed by atoms with Crippen molar-refractivity contribution in [2.75, 3.05) is 38.2 Å². The molecule has 1 aromatic carbocycles. The minimum atomic E-state index is -0.351. The van der Waals surface area contributed by atoms with Crippen molar-refractivity contribution in [3.05, 3.63) is 18.2 Å². The van der Waals surface area contributed by atoms with E-state index in [9.17, 15) is 9.59 Å². The molecular formula is C16H19N3O4S. The Morgan fingerprint density at radius 1 is 1.38 bits per heavy atom. The first-order valence-electron chi connectivity index (χ1n) is 7.84. The Labute approximate surface area is 143 Å². The summed E-state index contributed by atoms with van der Waals surface area (Å²) in [5.41, 5.74) is 0.790. The lowest BCUT2D eigenvalue weighted by Gasteiger charge is -2.26. The largest absolute Gasteiger partial charge is 0.494 e. The van der Waals surface area contributed by atoms with Crippen LogP contribution in [0.5, 0.6) is 5.75 Å².